The van der Waals surface area contributed by atoms with Crippen molar-refractivity contribution in [2.75, 3.05) is 13.7 Å². The van der Waals surface area contributed by atoms with Crippen molar-refractivity contribution in [3.63, 3.8) is 0 Å². The van der Waals surface area contributed by atoms with Gasteiger partial charge in [-0.3, -0.25) is 9.69 Å². The zero-order valence-electron chi connectivity index (χ0n) is 10.1. The van der Waals surface area contributed by atoms with Gasteiger partial charge in [0.2, 0.25) is 0 Å². The minimum Gasteiger partial charge on any atom is -0.468 e. The molecule has 0 amide bonds. The number of hydrogen-bond donors (Lipinski definition) is 0. The average Bonchev–Trinajstić information content (AvgIpc) is 2.32. The fourth-order valence-corrected chi connectivity index (χ4v) is 2.05. The van der Waals surface area contributed by atoms with Crippen molar-refractivity contribution in [3.8, 4) is 0 Å². The van der Waals surface area contributed by atoms with E-state index in [2.05, 4.69) is 4.74 Å². The predicted molar refractivity (Wildman–Crippen MR) is 56.9 cm³/mol. The Morgan fingerprint density at radius 2 is 1.88 bits per heavy atom. The van der Waals surface area contributed by atoms with E-state index in [1.165, 1.54) is 0 Å². The Kier molecular flexibility index (Phi) is 3.44. The summed E-state index contributed by atoms with van der Waals surface area (Å²) in [6, 6.07) is -2.00. The predicted octanol–water partition coefficient (Wildman–Crippen LogP) is 2.18. The minimum absolute atomic E-state index is 0.731. The van der Waals surface area contributed by atoms with Crippen LogP contribution in [0.25, 0.3) is 0 Å². The summed E-state index contributed by atoms with van der Waals surface area (Å²) in [5.74, 6) is -5.18. The van der Waals surface area contributed by atoms with E-state index in [9.17, 15) is 18.0 Å². The maximum Gasteiger partial charge on any atom is 0.329 e. The molecule has 0 aliphatic carbocycles. The molecular weight excluding hydrogens is 259 g/mol. The van der Waals surface area contributed by atoms with Gasteiger partial charge in [0, 0.05) is 5.54 Å². The molecule has 7 heteroatoms. The van der Waals surface area contributed by atoms with E-state index in [1.807, 2.05) is 0 Å². The van der Waals surface area contributed by atoms with E-state index in [0.29, 0.717) is 0 Å². The molecule has 3 nitrogen and oxygen atoms in total. The molecule has 0 radical (unpaired) electrons. The minimum atomic E-state index is -3.99. The van der Waals surface area contributed by atoms with Crippen LogP contribution in [-0.2, 0) is 9.53 Å². The van der Waals surface area contributed by atoms with Crippen molar-refractivity contribution in [2.24, 2.45) is 0 Å². The standard InChI is InChI=1S/C10H15ClF3NO2/c1-8(2,3)15-5-9(11,12)10(13,14)6(15)7(16)17-4/h6H,5H2,1-4H3. The Morgan fingerprint density at radius 1 is 1.41 bits per heavy atom. The average molecular weight is 274 g/mol. The normalized spacial score (nSPS) is 33.8. The van der Waals surface area contributed by atoms with Crippen molar-refractivity contribution in [3.05, 3.63) is 0 Å². The summed E-state index contributed by atoms with van der Waals surface area (Å²) in [7, 11) is 0.978. The number of carbonyl (C=O) groups is 1. The number of methoxy groups -OCH3 is 1. The summed E-state index contributed by atoms with van der Waals surface area (Å²) in [5, 5.41) is -3.26. The van der Waals surface area contributed by atoms with Gasteiger partial charge in [-0.05, 0) is 20.8 Å². The zero-order valence-corrected chi connectivity index (χ0v) is 10.8. The van der Waals surface area contributed by atoms with Gasteiger partial charge in [0.25, 0.3) is 5.13 Å². The first-order valence-electron chi connectivity index (χ1n) is 5.05. The Hall–Kier alpha value is -0.490. The van der Waals surface area contributed by atoms with Crippen molar-refractivity contribution in [1.82, 2.24) is 4.90 Å². The third kappa shape index (κ3) is 2.25. The van der Waals surface area contributed by atoms with E-state index >= 15 is 0 Å². The highest BCUT2D eigenvalue weighted by molar-refractivity contribution is 6.24. The summed E-state index contributed by atoms with van der Waals surface area (Å²) in [4.78, 5) is 12.4. The maximum atomic E-state index is 13.8. The molecule has 17 heavy (non-hydrogen) atoms. The fourth-order valence-electron chi connectivity index (χ4n) is 1.82. The monoisotopic (exact) mass is 273 g/mol. The Bertz CT molecular complexity index is 328. The summed E-state index contributed by atoms with van der Waals surface area (Å²) in [6.07, 6.45) is 0. The second kappa shape index (κ2) is 4.02. The summed E-state index contributed by atoms with van der Waals surface area (Å²) >= 11 is 5.19. The van der Waals surface area contributed by atoms with E-state index in [1.54, 1.807) is 20.8 Å². The van der Waals surface area contributed by atoms with E-state index in [-0.39, 0.29) is 0 Å². The maximum absolute atomic E-state index is 13.8. The number of ether oxygens (including phenoxy) is 1. The summed E-state index contributed by atoms with van der Waals surface area (Å²) < 4.78 is 45.5. The van der Waals surface area contributed by atoms with Gasteiger partial charge in [-0.15, -0.1) is 0 Å². The molecule has 0 spiro atoms. The summed E-state index contributed by atoms with van der Waals surface area (Å²) in [5.41, 5.74) is -0.828. The lowest BCUT2D eigenvalue weighted by molar-refractivity contribution is -0.164. The van der Waals surface area contributed by atoms with E-state index < -0.39 is 35.1 Å². The molecular formula is C10H15ClF3NO2. The molecule has 1 aliphatic heterocycles. The van der Waals surface area contributed by atoms with Gasteiger partial charge in [-0.2, -0.15) is 8.78 Å². The Morgan fingerprint density at radius 3 is 2.24 bits per heavy atom. The van der Waals surface area contributed by atoms with Crippen LogP contribution in [0.5, 0.6) is 0 Å². The molecule has 0 bridgehead atoms. The SMILES string of the molecule is COC(=O)C1N(C(C)(C)C)CC(F)(Cl)C1(F)F. The second-order valence-electron chi connectivity index (χ2n) is 5.05. The van der Waals surface area contributed by atoms with E-state index in [0.717, 1.165) is 12.0 Å². The first kappa shape index (κ1) is 14.6. The Labute approximate surface area is 103 Å². The van der Waals surface area contributed by atoms with Gasteiger partial charge < -0.3 is 4.74 Å². The molecule has 1 heterocycles. The third-order valence-electron chi connectivity index (χ3n) is 2.80. The van der Waals surface area contributed by atoms with Crippen molar-refractivity contribution in [1.29, 1.82) is 0 Å². The molecule has 100 valence electrons. The van der Waals surface area contributed by atoms with Crippen LogP contribution in [0.15, 0.2) is 0 Å². The highest BCUT2D eigenvalue weighted by Crippen LogP contribution is 2.49. The van der Waals surface area contributed by atoms with Gasteiger partial charge >= 0.3 is 11.9 Å². The number of rotatable bonds is 1. The topological polar surface area (TPSA) is 29.5 Å². The van der Waals surface area contributed by atoms with Gasteiger partial charge in [0.15, 0.2) is 6.04 Å². The number of nitrogens with zero attached hydrogens (tertiary/aromatic N) is 1. The Balaban J connectivity index is 3.22. The molecule has 2 atom stereocenters. The molecule has 0 aromatic rings. The van der Waals surface area contributed by atoms with Crippen molar-refractivity contribution < 1.29 is 22.7 Å². The van der Waals surface area contributed by atoms with Crippen molar-refractivity contribution in [2.45, 2.75) is 43.4 Å². The molecule has 1 rings (SSSR count). The van der Waals surface area contributed by atoms with Crippen molar-refractivity contribution >= 4 is 17.6 Å². The second-order valence-corrected chi connectivity index (χ2v) is 5.65. The van der Waals surface area contributed by atoms with Crippen LogP contribution in [0.3, 0.4) is 0 Å². The number of esters is 1. The molecule has 0 saturated carbocycles. The fraction of sp³-hybridized carbons (Fsp3) is 0.900. The molecule has 1 saturated heterocycles. The van der Waals surface area contributed by atoms with Crippen LogP contribution in [0, 0.1) is 0 Å². The first-order valence-corrected chi connectivity index (χ1v) is 5.43. The molecule has 0 N–H and O–H groups in total. The molecule has 0 aromatic heterocycles. The van der Waals surface area contributed by atoms with Gasteiger partial charge in [0.1, 0.15) is 0 Å². The third-order valence-corrected chi connectivity index (χ3v) is 3.17. The lowest BCUT2D eigenvalue weighted by Crippen LogP contribution is -2.54. The zero-order chi connectivity index (χ0) is 13.6. The van der Waals surface area contributed by atoms with Crippen LogP contribution < -0.4 is 0 Å². The first-order chi connectivity index (χ1) is 7.45. The number of hydrogen-bond acceptors (Lipinski definition) is 3. The number of halogens is 4. The number of alkyl halides is 4. The highest BCUT2D eigenvalue weighted by Gasteiger charge is 2.71. The van der Waals surface area contributed by atoms with Gasteiger partial charge in [-0.1, -0.05) is 11.6 Å². The van der Waals surface area contributed by atoms with Crippen LogP contribution >= 0.6 is 11.6 Å². The highest BCUT2D eigenvalue weighted by atomic mass is 35.5. The smallest absolute Gasteiger partial charge is 0.329 e. The number of carbonyl (C=O) groups excluding carboxylic acids is 1. The molecule has 0 aromatic carbocycles. The van der Waals surface area contributed by atoms with Gasteiger partial charge in [0.05, 0.1) is 13.7 Å². The quantitative estimate of drug-likeness (QED) is 0.542. The lowest BCUT2D eigenvalue weighted by atomic mass is 10.0. The van der Waals surface area contributed by atoms with Gasteiger partial charge in [-0.25, -0.2) is 4.39 Å². The largest absolute Gasteiger partial charge is 0.468 e. The van der Waals surface area contributed by atoms with Crippen LogP contribution in [0.4, 0.5) is 13.2 Å². The molecule has 1 fully saturated rings. The molecule has 1 aliphatic rings. The number of likely N-dealkylation sites (tertiary alicyclic amines) is 1. The van der Waals surface area contributed by atoms with Crippen LogP contribution in [0.2, 0.25) is 0 Å². The molecule has 2 unspecified atom stereocenters. The van der Waals surface area contributed by atoms with E-state index in [4.69, 9.17) is 11.6 Å². The lowest BCUT2D eigenvalue weighted by Gasteiger charge is -2.35. The summed E-state index contributed by atoms with van der Waals surface area (Å²) in [6.45, 7) is 4.05. The van der Waals surface area contributed by atoms with Crippen LogP contribution in [-0.4, -0.2) is 47.2 Å². The van der Waals surface area contributed by atoms with Crippen LogP contribution in [0.1, 0.15) is 20.8 Å².